The molecular weight excluding hydrogens is 396 g/mol. The summed E-state index contributed by atoms with van der Waals surface area (Å²) >= 11 is 0. The van der Waals surface area contributed by atoms with E-state index in [9.17, 15) is 14.7 Å². The Morgan fingerprint density at radius 1 is 1.03 bits per heavy atom. The van der Waals surface area contributed by atoms with Gasteiger partial charge in [-0.1, -0.05) is 24.3 Å². The molecule has 0 radical (unpaired) electrons. The van der Waals surface area contributed by atoms with E-state index in [4.69, 9.17) is 9.47 Å². The highest BCUT2D eigenvalue weighted by molar-refractivity contribution is 6.10. The second-order valence-electron chi connectivity index (χ2n) is 7.29. The van der Waals surface area contributed by atoms with Gasteiger partial charge in [-0.05, 0) is 35.9 Å². The van der Waals surface area contributed by atoms with Crippen LogP contribution in [0.5, 0.6) is 11.5 Å². The largest absolute Gasteiger partial charge is 0.493 e. The molecule has 3 aromatic rings. The van der Waals surface area contributed by atoms with Crippen LogP contribution in [-0.2, 0) is 16.9 Å². The number of ether oxygens (including phenoxy) is 2. The molecule has 7 nitrogen and oxygen atoms in total. The number of benzene rings is 2. The Labute approximate surface area is 179 Å². The van der Waals surface area contributed by atoms with Crippen LogP contribution < -0.4 is 14.4 Å². The summed E-state index contributed by atoms with van der Waals surface area (Å²) < 4.78 is 10.6. The van der Waals surface area contributed by atoms with Gasteiger partial charge in [0.15, 0.2) is 22.9 Å². The van der Waals surface area contributed by atoms with Gasteiger partial charge in [0.25, 0.3) is 5.91 Å². The molecule has 0 aliphatic carbocycles. The predicted molar refractivity (Wildman–Crippen MR) is 114 cm³/mol. The lowest BCUT2D eigenvalue weighted by atomic mass is 9.88. The molecule has 1 N–H and O–H groups in total. The van der Waals surface area contributed by atoms with Crippen molar-refractivity contribution in [2.24, 2.45) is 0 Å². The number of hydrogen-bond donors (Lipinski definition) is 1. The quantitative estimate of drug-likeness (QED) is 0.593. The number of Topliss-reactive ketones (excluding diaryl/α,β-unsaturated/α-hetero) is 1. The average molecular weight is 418 g/mol. The minimum absolute atomic E-state index is 0.210. The van der Waals surface area contributed by atoms with Crippen LogP contribution >= 0.6 is 0 Å². The normalized spacial score (nSPS) is 17.4. The molecule has 2 aromatic carbocycles. The predicted octanol–water partition coefficient (Wildman–Crippen LogP) is 3.11. The summed E-state index contributed by atoms with van der Waals surface area (Å²) in [4.78, 5) is 31.6. The van der Waals surface area contributed by atoms with Crippen molar-refractivity contribution in [3.8, 4) is 11.5 Å². The van der Waals surface area contributed by atoms with Crippen molar-refractivity contribution in [3.05, 3.63) is 83.7 Å². The summed E-state index contributed by atoms with van der Waals surface area (Å²) in [5.41, 5.74) is 0.251. The summed E-state index contributed by atoms with van der Waals surface area (Å²) in [5.74, 6) is 0.258. The van der Waals surface area contributed by atoms with Gasteiger partial charge in [-0.3, -0.25) is 14.6 Å². The third kappa shape index (κ3) is 3.64. The summed E-state index contributed by atoms with van der Waals surface area (Å²) in [6, 6.07) is 15.5. The third-order valence-electron chi connectivity index (χ3n) is 5.45. The Balaban J connectivity index is 1.67. The molecule has 0 spiro atoms. The van der Waals surface area contributed by atoms with Crippen molar-refractivity contribution in [3.63, 3.8) is 0 Å². The highest BCUT2D eigenvalue weighted by Crippen LogP contribution is 2.43. The number of pyridine rings is 1. The summed E-state index contributed by atoms with van der Waals surface area (Å²) in [5, 5.41) is 11.4. The molecule has 0 saturated carbocycles. The highest BCUT2D eigenvalue weighted by Gasteiger charge is 2.50. The van der Waals surface area contributed by atoms with Crippen molar-refractivity contribution in [1.29, 1.82) is 0 Å². The summed E-state index contributed by atoms with van der Waals surface area (Å²) in [7, 11) is 3.10. The molecule has 4 rings (SSSR count). The lowest BCUT2D eigenvalue weighted by molar-refractivity contribution is -0.136. The number of ketones is 1. The Morgan fingerprint density at radius 3 is 2.45 bits per heavy atom. The molecule has 1 aliphatic heterocycles. The van der Waals surface area contributed by atoms with Gasteiger partial charge in [0.05, 0.1) is 32.9 Å². The van der Waals surface area contributed by atoms with E-state index in [1.54, 1.807) is 62.8 Å². The summed E-state index contributed by atoms with van der Waals surface area (Å²) in [6.07, 6.45) is 2.66. The van der Waals surface area contributed by atoms with E-state index in [0.717, 1.165) is 5.56 Å². The number of aliphatic hydroxyl groups is 1. The smallest absolute Gasteiger partial charge is 0.264 e. The van der Waals surface area contributed by atoms with Crippen LogP contribution in [0.4, 0.5) is 5.69 Å². The van der Waals surface area contributed by atoms with E-state index >= 15 is 0 Å². The maximum atomic E-state index is 13.4. The van der Waals surface area contributed by atoms with Crippen LogP contribution in [0.1, 0.15) is 27.9 Å². The number of para-hydroxylation sites is 1. The van der Waals surface area contributed by atoms with Crippen molar-refractivity contribution in [1.82, 2.24) is 4.98 Å². The van der Waals surface area contributed by atoms with Crippen LogP contribution in [0.25, 0.3) is 0 Å². The minimum atomic E-state index is -1.94. The maximum Gasteiger partial charge on any atom is 0.264 e. The first-order chi connectivity index (χ1) is 15.0. The zero-order chi connectivity index (χ0) is 22.0. The van der Waals surface area contributed by atoms with Crippen molar-refractivity contribution in [2.45, 2.75) is 18.6 Å². The molecule has 31 heavy (non-hydrogen) atoms. The number of fused-ring (bicyclic) bond motifs is 1. The summed E-state index contributed by atoms with van der Waals surface area (Å²) in [6.45, 7) is 0.210. The van der Waals surface area contributed by atoms with E-state index in [1.165, 1.54) is 17.3 Å². The zero-order valence-corrected chi connectivity index (χ0v) is 17.2. The number of nitrogens with zero attached hydrogens (tertiary/aromatic N) is 2. The lowest BCUT2D eigenvalue weighted by Crippen LogP contribution is -2.41. The van der Waals surface area contributed by atoms with E-state index in [-0.39, 0.29) is 18.7 Å². The van der Waals surface area contributed by atoms with Gasteiger partial charge in [0.2, 0.25) is 0 Å². The molecule has 1 aromatic heterocycles. The fraction of sp³-hybridized carbons (Fsp3) is 0.208. The Morgan fingerprint density at radius 2 is 1.74 bits per heavy atom. The first kappa shape index (κ1) is 20.6. The third-order valence-corrected chi connectivity index (χ3v) is 5.45. The highest BCUT2D eigenvalue weighted by atomic mass is 16.5. The number of carbonyl (C=O) groups excluding carboxylic acids is 2. The molecule has 1 atom stereocenters. The van der Waals surface area contributed by atoms with Gasteiger partial charge in [-0.2, -0.15) is 0 Å². The van der Waals surface area contributed by atoms with Crippen LogP contribution in [-0.4, -0.2) is 36.0 Å². The molecule has 7 heteroatoms. The number of carbonyl (C=O) groups is 2. The van der Waals surface area contributed by atoms with Gasteiger partial charge in [0, 0.05) is 23.5 Å². The number of rotatable bonds is 7. The fourth-order valence-corrected chi connectivity index (χ4v) is 3.87. The Hall–Kier alpha value is -3.71. The van der Waals surface area contributed by atoms with Crippen LogP contribution in [0, 0.1) is 0 Å². The number of anilines is 1. The second kappa shape index (κ2) is 8.20. The number of amides is 1. The average Bonchev–Trinajstić information content (AvgIpc) is 3.01. The zero-order valence-electron chi connectivity index (χ0n) is 17.2. The van der Waals surface area contributed by atoms with E-state index in [2.05, 4.69) is 4.98 Å². The van der Waals surface area contributed by atoms with Gasteiger partial charge in [-0.15, -0.1) is 0 Å². The minimum Gasteiger partial charge on any atom is -0.493 e. The first-order valence-electron chi connectivity index (χ1n) is 9.76. The first-order valence-corrected chi connectivity index (χ1v) is 9.76. The molecular formula is C24H22N2O5. The molecule has 1 amide bonds. The Kier molecular flexibility index (Phi) is 5.44. The molecule has 0 fully saturated rings. The van der Waals surface area contributed by atoms with Crippen LogP contribution in [0.2, 0.25) is 0 Å². The fourth-order valence-electron chi connectivity index (χ4n) is 3.87. The van der Waals surface area contributed by atoms with Crippen LogP contribution in [0.15, 0.2) is 67.0 Å². The lowest BCUT2D eigenvalue weighted by Gasteiger charge is -2.23. The van der Waals surface area contributed by atoms with Crippen molar-refractivity contribution in [2.75, 3.05) is 19.1 Å². The monoisotopic (exact) mass is 418 g/mol. The van der Waals surface area contributed by atoms with Gasteiger partial charge >= 0.3 is 0 Å². The molecule has 0 unspecified atom stereocenters. The van der Waals surface area contributed by atoms with Crippen molar-refractivity contribution < 1.29 is 24.2 Å². The molecule has 0 saturated heterocycles. The van der Waals surface area contributed by atoms with Gasteiger partial charge in [0.1, 0.15) is 0 Å². The Bertz CT molecular complexity index is 1130. The molecule has 1 aliphatic rings. The SMILES string of the molecule is COc1ccc(CN2C(=O)[C@](O)(CC(=O)c3ccncc3)c3ccccc32)cc1OC. The molecule has 158 valence electrons. The molecule has 0 bridgehead atoms. The topological polar surface area (TPSA) is 89.0 Å². The molecule has 2 heterocycles. The van der Waals surface area contributed by atoms with E-state index in [0.29, 0.717) is 28.3 Å². The van der Waals surface area contributed by atoms with Crippen LogP contribution in [0.3, 0.4) is 0 Å². The van der Waals surface area contributed by atoms with Gasteiger partial charge < -0.3 is 19.5 Å². The number of methoxy groups -OCH3 is 2. The van der Waals surface area contributed by atoms with Crippen molar-refractivity contribution >= 4 is 17.4 Å². The number of aromatic nitrogens is 1. The standard InChI is InChI=1S/C24H22N2O5/c1-30-21-8-7-16(13-22(21)31-2)15-26-19-6-4-3-5-18(19)24(29,23(26)28)14-20(27)17-9-11-25-12-10-17/h3-13,29H,14-15H2,1-2H3/t24-/m0/s1. The number of hydrogen-bond acceptors (Lipinski definition) is 6. The maximum absolute atomic E-state index is 13.4. The van der Waals surface area contributed by atoms with Gasteiger partial charge in [-0.25, -0.2) is 0 Å². The van der Waals surface area contributed by atoms with E-state index < -0.39 is 11.5 Å². The van der Waals surface area contributed by atoms with E-state index in [1.807, 2.05) is 6.07 Å². The second-order valence-corrected chi connectivity index (χ2v) is 7.29.